The number of anilines is 1. The number of rotatable bonds is 4. The van der Waals surface area contributed by atoms with Gasteiger partial charge in [-0.2, -0.15) is 0 Å². The second-order valence-electron chi connectivity index (χ2n) is 3.69. The van der Waals surface area contributed by atoms with Crippen molar-refractivity contribution in [1.29, 1.82) is 0 Å². The molecule has 0 unspecified atom stereocenters. The molecule has 2 aromatic rings. The van der Waals surface area contributed by atoms with Crippen LogP contribution in [0.2, 0.25) is 0 Å². The molecule has 2 heterocycles. The number of aromatic nitrogens is 2. The summed E-state index contributed by atoms with van der Waals surface area (Å²) in [5, 5.41) is 9.05. The van der Waals surface area contributed by atoms with Crippen molar-refractivity contribution in [2.45, 2.75) is 26.7 Å². The topological polar surface area (TPSA) is 68.0 Å². The molecule has 17 heavy (non-hydrogen) atoms. The molecule has 90 valence electrons. The van der Waals surface area contributed by atoms with Gasteiger partial charge >= 0.3 is 0 Å². The van der Waals surface area contributed by atoms with Crippen molar-refractivity contribution in [2.24, 2.45) is 0 Å². The van der Waals surface area contributed by atoms with E-state index in [1.54, 1.807) is 6.20 Å². The van der Waals surface area contributed by atoms with E-state index < -0.39 is 0 Å². The third-order valence-electron chi connectivity index (χ3n) is 2.46. The number of nitrogens with one attached hydrogen (secondary N) is 1. The number of hydrogen-bond donors (Lipinski definition) is 1. The van der Waals surface area contributed by atoms with Gasteiger partial charge in [-0.15, -0.1) is 11.3 Å². The van der Waals surface area contributed by atoms with Crippen LogP contribution in [0.25, 0.3) is 0 Å². The first-order chi connectivity index (χ1) is 8.16. The van der Waals surface area contributed by atoms with Gasteiger partial charge in [-0.25, -0.2) is 4.98 Å². The molecular weight excluding hydrogens is 238 g/mol. The van der Waals surface area contributed by atoms with Crippen LogP contribution in [0.5, 0.6) is 0 Å². The average molecular weight is 251 g/mol. The molecule has 0 aliphatic rings. The lowest BCUT2D eigenvalue weighted by atomic mass is 10.1. The van der Waals surface area contributed by atoms with E-state index in [1.165, 1.54) is 11.3 Å². The van der Waals surface area contributed by atoms with Crippen molar-refractivity contribution in [3.05, 3.63) is 28.6 Å². The van der Waals surface area contributed by atoms with Gasteiger partial charge in [-0.05, 0) is 20.3 Å². The van der Waals surface area contributed by atoms with Crippen molar-refractivity contribution in [1.82, 2.24) is 10.1 Å². The molecule has 0 aliphatic carbocycles. The highest BCUT2D eigenvalue weighted by atomic mass is 32.1. The monoisotopic (exact) mass is 251 g/mol. The van der Waals surface area contributed by atoms with Crippen LogP contribution >= 0.6 is 11.3 Å². The van der Waals surface area contributed by atoms with Crippen LogP contribution < -0.4 is 5.32 Å². The van der Waals surface area contributed by atoms with Gasteiger partial charge in [0.25, 0.3) is 0 Å². The van der Waals surface area contributed by atoms with Crippen molar-refractivity contribution in [3.63, 3.8) is 0 Å². The van der Waals surface area contributed by atoms with Crippen molar-refractivity contribution < 1.29 is 9.32 Å². The molecule has 0 atom stereocenters. The standard InChI is InChI=1S/C11H13N3O2S/c1-7-9(8(2)16-14-7)3-4-10(15)13-11-12-5-6-17-11/h5-6H,3-4H2,1-2H3,(H,12,13,15). The largest absolute Gasteiger partial charge is 0.361 e. The summed E-state index contributed by atoms with van der Waals surface area (Å²) in [6.45, 7) is 3.73. The molecule has 0 radical (unpaired) electrons. The van der Waals surface area contributed by atoms with Crippen LogP contribution in [0.3, 0.4) is 0 Å². The van der Waals surface area contributed by atoms with Crippen LogP contribution in [0.1, 0.15) is 23.4 Å². The third kappa shape index (κ3) is 2.91. The Balaban J connectivity index is 1.88. The molecule has 0 aromatic carbocycles. The highest BCUT2D eigenvalue weighted by Gasteiger charge is 2.11. The summed E-state index contributed by atoms with van der Waals surface area (Å²) >= 11 is 1.41. The van der Waals surface area contributed by atoms with Crippen molar-refractivity contribution in [2.75, 3.05) is 5.32 Å². The Kier molecular flexibility index (Phi) is 3.53. The highest BCUT2D eigenvalue weighted by molar-refractivity contribution is 7.13. The zero-order chi connectivity index (χ0) is 12.3. The Labute approximate surface area is 103 Å². The minimum Gasteiger partial charge on any atom is -0.361 e. The first-order valence-electron chi connectivity index (χ1n) is 5.28. The highest BCUT2D eigenvalue weighted by Crippen LogP contribution is 2.15. The summed E-state index contributed by atoms with van der Waals surface area (Å²) < 4.78 is 5.04. The lowest BCUT2D eigenvalue weighted by Gasteiger charge is -2.01. The minimum absolute atomic E-state index is 0.0417. The zero-order valence-electron chi connectivity index (χ0n) is 9.69. The van der Waals surface area contributed by atoms with E-state index in [0.717, 1.165) is 17.0 Å². The molecule has 2 rings (SSSR count). The summed E-state index contributed by atoms with van der Waals surface area (Å²) in [6, 6.07) is 0. The van der Waals surface area contributed by atoms with E-state index in [1.807, 2.05) is 19.2 Å². The molecule has 1 N–H and O–H groups in total. The van der Waals surface area contributed by atoms with E-state index in [9.17, 15) is 4.79 Å². The number of amides is 1. The Morgan fingerprint density at radius 2 is 2.35 bits per heavy atom. The van der Waals surface area contributed by atoms with Crippen LogP contribution in [0.15, 0.2) is 16.1 Å². The van der Waals surface area contributed by atoms with Crippen LogP contribution in [0.4, 0.5) is 5.13 Å². The fourth-order valence-corrected chi connectivity index (χ4v) is 2.11. The summed E-state index contributed by atoms with van der Waals surface area (Å²) in [4.78, 5) is 15.6. The SMILES string of the molecule is Cc1noc(C)c1CCC(=O)Nc1nccs1. The van der Waals surface area contributed by atoms with Crippen molar-refractivity contribution >= 4 is 22.4 Å². The molecule has 0 aliphatic heterocycles. The molecule has 0 saturated carbocycles. The van der Waals surface area contributed by atoms with Gasteiger partial charge in [0, 0.05) is 23.6 Å². The maximum absolute atomic E-state index is 11.6. The maximum Gasteiger partial charge on any atom is 0.226 e. The van der Waals surface area contributed by atoms with Crippen molar-refractivity contribution in [3.8, 4) is 0 Å². The predicted octanol–water partition coefficient (Wildman–Crippen LogP) is 2.32. The number of hydrogen-bond acceptors (Lipinski definition) is 5. The van der Waals surface area contributed by atoms with Gasteiger partial charge < -0.3 is 9.84 Å². The number of thiazole rings is 1. The molecule has 5 nitrogen and oxygen atoms in total. The molecule has 0 bridgehead atoms. The second-order valence-corrected chi connectivity index (χ2v) is 4.58. The van der Waals surface area contributed by atoms with Gasteiger partial charge in [0.2, 0.25) is 5.91 Å². The summed E-state index contributed by atoms with van der Waals surface area (Å²) in [5.74, 6) is 0.740. The van der Waals surface area contributed by atoms with Gasteiger partial charge in [0.1, 0.15) is 5.76 Å². The lowest BCUT2D eigenvalue weighted by molar-refractivity contribution is -0.116. The smallest absolute Gasteiger partial charge is 0.226 e. The Hall–Kier alpha value is -1.69. The lowest BCUT2D eigenvalue weighted by Crippen LogP contribution is -2.12. The fraction of sp³-hybridized carbons (Fsp3) is 0.364. The maximum atomic E-state index is 11.6. The zero-order valence-corrected chi connectivity index (χ0v) is 10.5. The van der Waals surface area contributed by atoms with E-state index in [2.05, 4.69) is 15.5 Å². The van der Waals surface area contributed by atoms with Gasteiger partial charge in [0.15, 0.2) is 5.13 Å². The minimum atomic E-state index is -0.0417. The van der Waals surface area contributed by atoms with Gasteiger partial charge in [-0.1, -0.05) is 5.16 Å². The number of carbonyl (C=O) groups is 1. The van der Waals surface area contributed by atoms with Crippen LogP contribution in [-0.2, 0) is 11.2 Å². The summed E-state index contributed by atoms with van der Waals surface area (Å²) in [6.07, 6.45) is 2.70. The normalized spacial score (nSPS) is 10.5. The quantitative estimate of drug-likeness (QED) is 0.905. The van der Waals surface area contributed by atoms with Crippen LogP contribution in [0, 0.1) is 13.8 Å². The molecule has 0 fully saturated rings. The molecule has 1 amide bonds. The molecule has 2 aromatic heterocycles. The average Bonchev–Trinajstić information content (AvgIpc) is 2.88. The third-order valence-corrected chi connectivity index (χ3v) is 3.15. The van der Waals surface area contributed by atoms with Crippen LogP contribution in [-0.4, -0.2) is 16.0 Å². The first kappa shape index (κ1) is 11.8. The number of nitrogens with zero attached hydrogens (tertiary/aromatic N) is 2. The van der Waals surface area contributed by atoms with E-state index in [-0.39, 0.29) is 5.91 Å². The van der Waals surface area contributed by atoms with Gasteiger partial charge in [0.05, 0.1) is 5.69 Å². The van der Waals surface area contributed by atoms with E-state index in [4.69, 9.17) is 4.52 Å². The molecular formula is C11H13N3O2S. The molecule has 0 saturated heterocycles. The Bertz CT molecular complexity index is 485. The second kappa shape index (κ2) is 5.09. The number of aryl methyl sites for hydroxylation is 2. The van der Waals surface area contributed by atoms with Gasteiger partial charge in [-0.3, -0.25) is 4.79 Å². The summed E-state index contributed by atoms with van der Waals surface area (Å²) in [5.41, 5.74) is 1.86. The fourth-order valence-electron chi connectivity index (χ4n) is 1.56. The van der Waals surface area contributed by atoms with E-state index in [0.29, 0.717) is 18.0 Å². The number of carbonyl (C=O) groups excluding carboxylic acids is 1. The Morgan fingerprint density at radius 3 is 2.94 bits per heavy atom. The summed E-state index contributed by atoms with van der Waals surface area (Å²) in [7, 11) is 0. The molecule has 6 heteroatoms. The predicted molar refractivity (Wildman–Crippen MR) is 65.0 cm³/mol. The van der Waals surface area contributed by atoms with E-state index >= 15 is 0 Å². The Morgan fingerprint density at radius 1 is 1.53 bits per heavy atom. The first-order valence-corrected chi connectivity index (χ1v) is 6.16. The molecule has 0 spiro atoms.